The van der Waals surface area contributed by atoms with E-state index in [1.54, 1.807) is 61.5 Å². The number of rotatable bonds is 14. The SMILES string of the molecule is CCOc1ccccc1N(CC(=O)N(Cc1ccc(Cl)cc1Cl)[C@H](Cc1ccccc1)C(=O)NC)S(=O)(=O)c1ccc(SC)cc1. The number of thioether (sulfide) groups is 1. The lowest BCUT2D eigenvalue weighted by Gasteiger charge is -2.34. The van der Waals surface area contributed by atoms with E-state index in [1.165, 1.54) is 35.8 Å². The summed E-state index contributed by atoms with van der Waals surface area (Å²) >= 11 is 14.2. The van der Waals surface area contributed by atoms with Gasteiger partial charge in [-0.1, -0.05) is 71.7 Å². The molecule has 242 valence electrons. The monoisotopic (exact) mass is 699 g/mol. The molecule has 0 heterocycles. The van der Waals surface area contributed by atoms with Crippen molar-refractivity contribution in [2.45, 2.75) is 35.7 Å². The fourth-order valence-electron chi connectivity index (χ4n) is 4.88. The Kier molecular flexibility index (Phi) is 12.4. The van der Waals surface area contributed by atoms with Crippen molar-refractivity contribution in [3.05, 3.63) is 118 Å². The predicted molar refractivity (Wildman–Crippen MR) is 185 cm³/mol. The number of carbonyl (C=O) groups is 2. The Hall–Kier alpha value is -3.70. The summed E-state index contributed by atoms with van der Waals surface area (Å²) < 4.78 is 35.5. The molecule has 0 saturated carbocycles. The molecule has 1 N–H and O–H groups in total. The maximum atomic E-state index is 14.5. The van der Waals surface area contributed by atoms with E-state index in [0.29, 0.717) is 21.4 Å². The highest BCUT2D eigenvalue weighted by Gasteiger charge is 2.35. The van der Waals surface area contributed by atoms with Crippen molar-refractivity contribution in [2.24, 2.45) is 0 Å². The van der Waals surface area contributed by atoms with Crippen LogP contribution in [0.2, 0.25) is 10.0 Å². The number of sulfonamides is 1. The molecule has 8 nitrogen and oxygen atoms in total. The average molecular weight is 701 g/mol. The molecule has 0 aromatic heterocycles. The van der Waals surface area contributed by atoms with E-state index in [1.807, 2.05) is 36.6 Å². The minimum atomic E-state index is -4.29. The van der Waals surface area contributed by atoms with Crippen LogP contribution in [0, 0.1) is 0 Å². The molecule has 0 aliphatic rings. The van der Waals surface area contributed by atoms with E-state index in [9.17, 15) is 18.0 Å². The largest absolute Gasteiger partial charge is 0.492 e. The Morgan fingerprint density at radius 1 is 0.935 bits per heavy atom. The van der Waals surface area contributed by atoms with E-state index in [0.717, 1.165) is 14.8 Å². The van der Waals surface area contributed by atoms with Crippen LogP contribution in [-0.2, 0) is 32.6 Å². The number of hydrogen-bond donors (Lipinski definition) is 1. The van der Waals surface area contributed by atoms with E-state index >= 15 is 0 Å². The molecule has 0 aliphatic heterocycles. The molecule has 0 aliphatic carbocycles. The Labute approximate surface area is 284 Å². The quantitative estimate of drug-likeness (QED) is 0.147. The number of benzene rings is 4. The highest BCUT2D eigenvalue weighted by atomic mass is 35.5. The van der Waals surface area contributed by atoms with Crippen molar-refractivity contribution in [3.63, 3.8) is 0 Å². The average Bonchev–Trinajstić information content (AvgIpc) is 3.06. The first-order valence-corrected chi connectivity index (χ1v) is 17.9. The van der Waals surface area contributed by atoms with Crippen LogP contribution in [0.3, 0.4) is 0 Å². The lowest BCUT2D eigenvalue weighted by Crippen LogP contribution is -2.53. The molecule has 4 rings (SSSR count). The van der Waals surface area contributed by atoms with Crippen LogP contribution >= 0.6 is 35.0 Å². The van der Waals surface area contributed by atoms with Gasteiger partial charge in [0.1, 0.15) is 18.3 Å². The third kappa shape index (κ3) is 8.55. The Balaban J connectivity index is 1.84. The molecule has 46 heavy (non-hydrogen) atoms. The molecule has 0 spiro atoms. The van der Waals surface area contributed by atoms with Crippen LogP contribution in [0.25, 0.3) is 0 Å². The second-order valence-corrected chi connectivity index (χ2v) is 13.8. The van der Waals surface area contributed by atoms with Gasteiger partial charge in [0.15, 0.2) is 0 Å². The maximum Gasteiger partial charge on any atom is 0.264 e. The lowest BCUT2D eigenvalue weighted by molar-refractivity contribution is -0.139. The Morgan fingerprint density at radius 3 is 2.24 bits per heavy atom. The second kappa shape index (κ2) is 16.2. The van der Waals surface area contributed by atoms with E-state index < -0.39 is 34.4 Å². The first-order chi connectivity index (χ1) is 22.1. The fraction of sp³-hybridized carbons (Fsp3) is 0.235. The van der Waals surface area contributed by atoms with Gasteiger partial charge in [-0.15, -0.1) is 11.8 Å². The summed E-state index contributed by atoms with van der Waals surface area (Å²) in [6, 6.07) is 26.2. The summed E-state index contributed by atoms with van der Waals surface area (Å²) in [4.78, 5) is 30.2. The molecule has 0 radical (unpaired) electrons. The molecule has 12 heteroatoms. The van der Waals surface area contributed by atoms with E-state index in [-0.39, 0.29) is 30.2 Å². The van der Waals surface area contributed by atoms with Gasteiger partial charge in [-0.3, -0.25) is 13.9 Å². The number of anilines is 1. The van der Waals surface area contributed by atoms with Gasteiger partial charge >= 0.3 is 0 Å². The van der Waals surface area contributed by atoms with Crippen LogP contribution in [0.15, 0.2) is 107 Å². The Bertz CT molecular complexity index is 1760. The zero-order valence-corrected chi connectivity index (χ0v) is 28.8. The van der Waals surface area contributed by atoms with Gasteiger partial charge in [0.2, 0.25) is 11.8 Å². The van der Waals surface area contributed by atoms with Crippen LogP contribution in [0.4, 0.5) is 5.69 Å². The van der Waals surface area contributed by atoms with Gasteiger partial charge in [-0.25, -0.2) is 8.42 Å². The van der Waals surface area contributed by atoms with Crippen molar-refractivity contribution in [1.29, 1.82) is 0 Å². The number of likely N-dealkylation sites (N-methyl/N-ethyl adjacent to an activating group) is 1. The standard InChI is InChI=1S/C34H35Cl2N3O5S2/c1-4-44-32-13-9-8-12-30(32)39(46(42,43)28-18-16-27(45-3)17-19-28)23-33(40)38(22-25-14-15-26(35)21-29(25)36)31(34(41)37-2)20-24-10-6-5-7-11-24/h5-19,21,31H,4,20,22-23H2,1-3H3,(H,37,41)/t31-/m1/s1. The number of ether oxygens (including phenoxy) is 1. The number of para-hydroxylation sites is 2. The smallest absolute Gasteiger partial charge is 0.264 e. The Morgan fingerprint density at radius 2 is 1.61 bits per heavy atom. The van der Waals surface area contributed by atoms with Crippen LogP contribution in [0.5, 0.6) is 5.75 Å². The molecular formula is C34H35Cl2N3O5S2. The molecule has 4 aromatic carbocycles. The summed E-state index contributed by atoms with van der Waals surface area (Å²) in [5, 5.41) is 3.39. The third-order valence-corrected chi connectivity index (χ3v) is 10.3. The van der Waals surface area contributed by atoms with Gasteiger partial charge in [-0.2, -0.15) is 0 Å². The minimum absolute atomic E-state index is 0.00355. The van der Waals surface area contributed by atoms with Crippen LogP contribution < -0.4 is 14.4 Å². The molecule has 2 amide bonds. The normalized spacial score (nSPS) is 11.8. The van der Waals surface area contributed by atoms with Crippen LogP contribution in [0.1, 0.15) is 18.1 Å². The minimum Gasteiger partial charge on any atom is -0.492 e. The zero-order chi connectivity index (χ0) is 33.3. The summed E-state index contributed by atoms with van der Waals surface area (Å²) in [7, 11) is -2.80. The molecule has 0 fully saturated rings. The maximum absolute atomic E-state index is 14.5. The third-order valence-electron chi connectivity index (χ3n) is 7.23. The van der Waals surface area contributed by atoms with Crippen molar-refractivity contribution in [2.75, 3.05) is 30.8 Å². The fourth-order valence-corrected chi connectivity index (χ4v) is 7.18. The van der Waals surface area contributed by atoms with Crippen LogP contribution in [-0.4, -0.2) is 57.6 Å². The van der Waals surface area contributed by atoms with Crippen molar-refractivity contribution >= 4 is 62.5 Å². The molecular weight excluding hydrogens is 665 g/mol. The van der Waals surface area contributed by atoms with Gasteiger partial charge in [-0.05, 0) is 72.8 Å². The van der Waals surface area contributed by atoms with Gasteiger partial charge < -0.3 is 15.0 Å². The predicted octanol–water partition coefficient (Wildman–Crippen LogP) is 6.70. The van der Waals surface area contributed by atoms with Gasteiger partial charge in [0.25, 0.3) is 10.0 Å². The number of nitrogens with one attached hydrogen (secondary N) is 1. The summed E-state index contributed by atoms with van der Waals surface area (Å²) in [5.41, 5.74) is 1.55. The first-order valence-electron chi connectivity index (χ1n) is 14.5. The zero-order valence-electron chi connectivity index (χ0n) is 25.7. The highest BCUT2D eigenvalue weighted by molar-refractivity contribution is 7.98. The first kappa shape index (κ1) is 35.2. The number of halogens is 2. The molecule has 4 aromatic rings. The summed E-state index contributed by atoms with van der Waals surface area (Å²) in [6.07, 6.45) is 2.07. The topological polar surface area (TPSA) is 96.0 Å². The molecule has 0 saturated heterocycles. The van der Waals surface area contributed by atoms with Crippen molar-refractivity contribution in [3.8, 4) is 5.75 Å². The molecule has 0 bridgehead atoms. The molecule has 0 unspecified atom stereocenters. The number of nitrogens with zero attached hydrogens (tertiary/aromatic N) is 2. The molecule has 1 atom stereocenters. The van der Waals surface area contributed by atoms with Crippen molar-refractivity contribution in [1.82, 2.24) is 10.2 Å². The van der Waals surface area contributed by atoms with E-state index in [2.05, 4.69) is 5.32 Å². The van der Waals surface area contributed by atoms with Gasteiger partial charge in [0, 0.05) is 35.0 Å². The number of carbonyl (C=O) groups excluding carboxylic acids is 2. The second-order valence-electron chi connectivity index (χ2n) is 10.2. The number of amides is 2. The van der Waals surface area contributed by atoms with Crippen molar-refractivity contribution < 1.29 is 22.7 Å². The van der Waals surface area contributed by atoms with E-state index in [4.69, 9.17) is 27.9 Å². The number of hydrogen-bond acceptors (Lipinski definition) is 6. The highest BCUT2D eigenvalue weighted by Crippen LogP contribution is 2.34. The summed E-state index contributed by atoms with van der Waals surface area (Å²) in [6.45, 7) is 1.36. The summed E-state index contributed by atoms with van der Waals surface area (Å²) in [5.74, 6) is -0.744. The lowest BCUT2D eigenvalue weighted by atomic mass is 10.0. The van der Waals surface area contributed by atoms with Gasteiger partial charge in [0.05, 0.1) is 17.2 Å².